The molecule has 0 saturated heterocycles. The lowest BCUT2D eigenvalue weighted by Crippen LogP contribution is -2.37. The van der Waals surface area contributed by atoms with Crippen LogP contribution in [0.3, 0.4) is 0 Å². The fourth-order valence-electron chi connectivity index (χ4n) is 3.26. The summed E-state index contributed by atoms with van der Waals surface area (Å²) in [5, 5.41) is 7.96. The lowest BCUT2D eigenvalue weighted by molar-refractivity contribution is 0.0922. The van der Waals surface area contributed by atoms with Gasteiger partial charge in [-0.25, -0.2) is 4.68 Å². The molecule has 4 nitrogen and oxygen atoms in total. The summed E-state index contributed by atoms with van der Waals surface area (Å²) in [6.45, 7) is 14.6. The van der Waals surface area contributed by atoms with Gasteiger partial charge in [0.15, 0.2) is 0 Å². The molecule has 1 amide bonds. The molecule has 0 aliphatic heterocycles. The Kier molecular flexibility index (Phi) is 5.92. The summed E-state index contributed by atoms with van der Waals surface area (Å²) in [5.41, 5.74) is 8.02. The number of amides is 1. The van der Waals surface area contributed by atoms with Crippen LogP contribution in [-0.4, -0.2) is 21.7 Å². The van der Waals surface area contributed by atoms with Crippen LogP contribution >= 0.6 is 0 Å². The van der Waals surface area contributed by atoms with E-state index < -0.39 is 0 Å². The first-order chi connectivity index (χ1) is 13.7. The zero-order valence-electron chi connectivity index (χ0n) is 18.5. The number of carbonyl (C=O) groups excluding carboxylic acids is 1. The number of aromatic nitrogens is 2. The van der Waals surface area contributed by atoms with Crippen molar-refractivity contribution in [2.24, 2.45) is 5.92 Å². The Morgan fingerprint density at radius 3 is 2.24 bits per heavy atom. The van der Waals surface area contributed by atoms with E-state index in [0.29, 0.717) is 11.6 Å². The topological polar surface area (TPSA) is 46.9 Å². The van der Waals surface area contributed by atoms with Gasteiger partial charge in [-0.15, -0.1) is 0 Å². The average Bonchev–Trinajstić information content (AvgIpc) is 3.09. The van der Waals surface area contributed by atoms with Gasteiger partial charge in [-0.3, -0.25) is 4.79 Å². The first kappa shape index (κ1) is 20.8. The lowest BCUT2D eigenvalue weighted by atomic mass is 10.0. The van der Waals surface area contributed by atoms with Crippen molar-refractivity contribution < 1.29 is 4.79 Å². The lowest BCUT2D eigenvalue weighted by Gasteiger charge is -2.18. The van der Waals surface area contributed by atoms with Gasteiger partial charge in [0.1, 0.15) is 5.69 Å². The van der Waals surface area contributed by atoms with E-state index in [2.05, 4.69) is 77.2 Å². The van der Waals surface area contributed by atoms with E-state index in [1.165, 1.54) is 16.7 Å². The van der Waals surface area contributed by atoms with Gasteiger partial charge in [0.2, 0.25) is 0 Å². The highest BCUT2D eigenvalue weighted by molar-refractivity contribution is 5.94. The van der Waals surface area contributed by atoms with Crippen molar-refractivity contribution in [2.75, 3.05) is 0 Å². The molecule has 0 unspecified atom stereocenters. The first-order valence-electron chi connectivity index (χ1n) is 10.2. The zero-order valence-corrected chi connectivity index (χ0v) is 18.5. The molecule has 1 aromatic heterocycles. The van der Waals surface area contributed by atoms with Crippen molar-refractivity contribution in [3.8, 4) is 16.9 Å². The fourth-order valence-corrected chi connectivity index (χ4v) is 3.26. The third kappa shape index (κ3) is 4.42. The molecule has 1 heterocycles. The quantitative estimate of drug-likeness (QED) is 0.622. The summed E-state index contributed by atoms with van der Waals surface area (Å²) < 4.78 is 1.78. The number of nitrogens with zero attached hydrogens (tertiary/aromatic N) is 2. The second-order valence-corrected chi connectivity index (χ2v) is 8.42. The normalized spacial score (nSPS) is 12.3. The molecule has 1 N–H and O–H groups in total. The second kappa shape index (κ2) is 8.24. The van der Waals surface area contributed by atoms with E-state index in [9.17, 15) is 4.79 Å². The Bertz CT molecular complexity index is 1050. The van der Waals surface area contributed by atoms with Crippen molar-refractivity contribution in [3.05, 3.63) is 70.4 Å². The monoisotopic (exact) mass is 389 g/mol. The minimum atomic E-state index is -0.103. The molecule has 0 radical (unpaired) electrons. The van der Waals surface area contributed by atoms with Gasteiger partial charge in [-0.05, 0) is 75.4 Å². The number of benzene rings is 2. The molecule has 3 rings (SSSR count). The SMILES string of the molecule is Cc1ccc(-n2nc(-c3ccc(C)c(C)c3)cc2C(=O)N[C@@H](C)C(C)C)c(C)c1. The molecule has 0 aliphatic carbocycles. The van der Waals surface area contributed by atoms with Crippen LogP contribution in [0.15, 0.2) is 42.5 Å². The number of carbonyl (C=O) groups is 1. The van der Waals surface area contributed by atoms with E-state index >= 15 is 0 Å². The minimum absolute atomic E-state index is 0.0787. The number of nitrogens with one attached hydrogen (secondary N) is 1. The molecule has 0 fully saturated rings. The largest absolute Gasteiger partial charge is 0.348 e. The molecule has 4 heteroatoms. The fraction of sp³-hybridized carbons (Fsp3) is 0.360. The summed E-state index contributed by atoms with van der Waals surface area (Å²) in [5.74, 6) is 0.254. The maximum absolute atomic E-state index is 13.1. The molecule has 1 atom stereocenters. The van der Waals surface area contributed by atoms with Crippen LogP contribution in [0.4, 0.5) is 0 Å². The van der Waals surface area contributed by atoms with Crippen LogP contribution in [0.2, 0.25) is 0 Å². The van der Waals surface area contributed by atoms with Gasteiger partial charge in [0, 0.05) is 11.6 Å². The molecular formula is C25H31N3O. The highest BCUT2D eigenvalue weighted by Crippen LogP contribution is 2.25. The Balaban J connectivity index is 2.12. The van der Waals surface area contributed by atoms with Gasteiger partial charge in [-0.2, -0.15) is 5.10 Å². The number of rotatable bonds is 5. The van der Waals surface area contributed by atoms with Gasteiger partial charge in [0.05, 0.1) is 11.4 Å². The van der Waals surface area contributed by atoms with Crippen LogP contribution in [0.25, 0.3) is 16.9 Å². The van der Waals surface area contributed by atoms with E-state index in [4.69, 9.17) is 5.10 Å². The number of hydrogen-bond acceptors (Lipinski definition) is 2. The summed E-state index contributed by atoms with van der Waals surface area (Å²) in [7, 11) is 0. The molecule has 29 heavy (non-hydrogen) atoms. The van der Waals surface area contributed by atoms with E-state index in [1.807, 2.05) is 19.1 Å². The standard InChI is InChI=1S/C25H31N3O/c1-15(2)20(7)26-25(29)24-14-22(21-10-9-17(4)18(5)13-21)27-28(24)23-11-8-16(3)12-19(23)6/h8-15,20H,1-7H3,(H,26,29)/t20-/m0/s1. The molecule has 0 spiro atoms. The van der Waals surface area contributed by atoms with Gasteiger partial charge in [0.25, 0.3) is 5.91 Å². The van der Waals surface area contributed by atoms with Crippen LogP contribution in [0, 0.1) is 33.6 Å². The van der Waals surface area contributed by atoms with Gasteiger partial charge in [-0.1, -0.05) is 43.7 Å². The Morgan fingerprint density at radius 1 is 0.897 bits per heavy atom. The summed E-state index contributed by atoms with van der Waals surface area (Å²) >= 11 is 0. The van der Waals surface area contributed by atoms with Crippen LogP contribution in [0.5, 0.6) is 0 Å². The maximum Gasteiger partial charge on any atom is 0.270 e. The highest BCUT2D eigenvalue weighted by atomic mass is 16.2. The Morgan fingerprint density at radius 2 is 1.62 bits per heavy atom. The number of aryl methyl sites for hydroxylation is 4. The third-order valence-electron chi connectivity index (χ3n) is 5.68. The molecule has 152 valence electrons. The smallest absolute Gasteiger partial charge is 0.270 e. The molecule has 0 bridgehead atoms. The van der Waals surface area contributed by atoms with Crippen molar-refractivity contribution >= 4 is 5.91 Å². The van der Waals surface area contributed by atoms with Gasteiger partial charge < -0.3 is 5.32 Å². The van der Waals surface area contributed by atoms with E-state index in [1.54, 1.807) is 4.68 Å². The predicted octanol–water partition coefficient (Wildman–Crippen LogP) is 5.55. The average molecular weight is 390 g/mol. The number of hydrogen-bond donors (Lipinski definition) is 1. The highest BCUT2D eigenvalue weighted by Gasteiger charge is 2.21. The Hall–Kier alpha value is -2.88. The van der Waals surface area contributed by atoms with Crippen molar-refractivity contribution in [3.63, 3.8) is 0 Å². The second-order valence-electron chi connectivity index (χ2n) is 8.42. The van der Waals surface area contributed by atoms with Crippen molar-refractivity contribution in [1.29, 1.82) is 0 Å². The molecule has 0 saturated carbocycles. The maximum atomic E-state index is 13.1. The first-order valence-corrected chi connectivity index (χ1v) is 10.2. The molecule has 3 aromatic rings. The van der Waals surface area contributed by atoms with E-state index in [0.717, 1.165) is 22.5 Å². The van der Waals surface area contributed by atoms with E-state index in [-0.39, 0.29) is 11.9 Å². The van der Waals surface area contributed by atoms with Crippen molar-refractivity contribution in [2.45, 2.75) is 54.5 Å². The Labute approximate surface area is 174 Å². The summed E-state index contributed by atoms with van der Waals surface area (Å²) in [4.78, 5) is 13.1. The zero-order chi connectivity index (χ0) is 21.3. The minimum Gasteiger partial charge on any atom is -0.348 e. The summed E-state index contributed by atoms with van der Waals surface area (Å²) in [6, 6.07) is 14.5. The van der Waals surface area contributed by atoms with Crippen LogP contribution in [0.1, 0.15) is 53.5 Å². The van der Waals surface area contributed by atoms with Gasteiger partial charge >= 0.3 is 0 Å². The van der Waals surface area contributed by atoms with Crippen LogP contribution in [-0.2, 0) is 0 Å². The van der Waals surface area contributed by atoms with Crippen molar-refractivity contribution in [1.82, 2.24) is 15.1 Å². The summed E-state index contributed by atoms with van der Waals surface area (Å²) in [6.07, 6.45) is 0. The predicted molar refractivity (Wildman–Crippen MR) is 120 cm³/mol. The molecular weight excluding hydrogens is 358 g/mol. The van der Waals surface area contributed by atoms with Crippen LogP contribution < -0.4 is 5.32 Å². The molecule has 2 aromatic carbocycles. The molecule has 0 aliphatic rings. The third-order valence-corrected chi connectivity index (χ3v) is 5.68.